The van der Waals surface area contributed by atoms with Gasteiger partial charge >= 0.3 is 0 Å². The Hall–Kier alpha value is -1.36. The van der Waals surface area contributed by atoms with E-state index in [0.717, 1.165) is 0 Å². The molecule has 0 bridgehead atoms. The minimum atomic E-state index is -0.261. The fourth-order valence-corrected chi connectivity index (χ4v) is 1.95. The van der Waals surface area contributed by atoms with Crippen LogP contribution in [0.25, 0.3) is 11.3 Å². The summed E-state index contributed by atoms with van der Waals surface area (Å²) in [6.45, 7) is 0.223. The molecule has 94 valence electrons. The first-order chi connectivity index (χ1) is 8.61. The van der Waals surface area contributed by atoms with Crippen LogP contribution >= 0.6 is 23.2 Å². The van der Waals surface area contributed by atoms with E-state index in [-0.39, 0.29) is 12.2 Å². The number of methoxy groups -OCH3 is 1. The van der Waals surface area contributed by atoms with Crippen molar-refractivity contribution in [3.05, 3.63) is 50.5 Å². The zero-order chi connectivity index (χ0) is 13.1. The zero-order valence-electron chi connectivity index (χ0n) is 9.54. The van der Waals surface area contributed by atoms with E-state index in [9.17, 15) is 4.79 Å². The molecule has 0 amide bonds. The lowest BCUT2D eigenvalue weighted by Gasteiger charge is -2.06. The first kappa shape index (κ1) is 13.1. The largest absolute Gasteiger partial charge is 0.377 e. The molecule has 6 heteroatoms. The third-order valence-corrected chi connectivity index (χ3v) is 3.12. The average Bonchev–Trinajstić information content (AvgIpc) is 2.32. The smallest absolute Gasteiger partial charge is 0.251 e. The molecule has 1 heterocycles. The summed E-state index contributed by atoms with van der Waals surface area (Å²) in [5.41, 5.74) is 0.828. The molecule has 1 N–H and O–H groups in total. The number of aromatic amines is 1. The highest BCUT2D eigenvalue weighted by Crippen LogP contribution is 2.31. The Balaban J connectivity index is 2.56. The molecule has 1 aromatic carbocycles. The van der Waals surface area contributed by atoms with Crippen LogP contribution in [-0.4, -0.2) is 17.1 Å². The number of halogens is 2. The molecule has 1 aromatic heterocycles. The van der Waals surface area contributed by atoms with Crippen LogP contribution in [0.1, 0.15) is 5.82 Å². The van der Waals surface area contributed by atoms with Gasteiger partial charge in [-0.1, -0.05) is 35.3 Å². The Morgan fingerprint density at radius 3 is 2.89 bits per heavy atom. The Bertz CT molecular complexity index is 626. The predicted molar refractivity (Wildman–Crippen MR) is 71.0 cm³/mol. The van der Waals surface area contributed by atoms with Crippen LogP contribution in [0.5, 0.6) is 0 Å². The van der Waals surface area contributed by atoms with Crippen molar-refractivity contribution in [3.8, 4) is 11.3 Å². The van der Waals surface area contributed by atoms with E-state index in [4.69, 9.17) is 27.9 Å². The van der Waals surface area contributed by atoms with E-state index in [0.29, 0.717) is 27.1 Å². The number of ether oxygens (including phenoxy) is 1. The Morgan fingerprint density at radius 2 is 2.17 bits per heavy atom. The van der Waals surface area contributed by atoms with Gasteiger partial charge in [0.1, 0.15) is 12.4 Å². The number of benzene rings is 1. The van der Waals surface area contributed by atoms with Crippen LogP contribution in [-0.2, 0) is 11.3 Å². The molecule has 0 aliphatic heterocycles. The van der Waals surface area contributed by atoms with Crippen LogP contribution in [0, 0.1) is 0 Å². The highest BCUT2D eigenvalue weighted by atomic mass is 35.5. The third kappa shape index (κ3) is 2.72. The molecular formula is C12H10Cl2N2O2. The van der Waals surface area contributed by atoms with Crippen molar-refractivity contribution < 1.29 is 4.74 Å². The van der Waals surface area contributed by atoms with Crippen molar-refractivity contribution in [2.75, 3.05) is 7.11 Å². The topological polar surface area (TPSA) is 55.0 Å². The molecule has 4 nitrogen and oxygen atoms in total. The standard InChI is InChI=1S/C12H10Cl2N2O2/c1-18-6-10-15-9(5-11(17)16-10)7-3-2-4-8(13)12(7)14/h2-5H,6H2,1H3,(H,15,16,17). The molecule has 0 aliphatic rings. The van der Waals surface area contributed by atoms with E-state index in [2.05, 4.69) is 9.97 Å². The number of H-pyrrole nitrogens is 1. The fraction of sp³-hybridized carbons (Fsp3) is 0.167. The summed E-state index contributed by atoms with van der Waals surface area (Å²) < 4.78 is 4.94. The van der Waals surface area contributed by atoms with E-state index in [1.807, 2.05) is 0 Å². The highest BCUT2D eigenvalue weighted by molar-refractivity contribution is 6.43. The van der Waals surface area contributed by atoms with Gasteiger partial charge in [-0.25, -0.2) is 4.98 Å². The zero-order valence-corrected chi connectivity index (χ0v) is 11.0. The van der Waals surface area contributed by atoms with Gasteiger partial charge in [0.2, 0.25) is 0 Å². The fourth-order valence-electron chi connectivity index (χ4n) is 1.55. The van der Waals surface area contributed by atoms with Crippen molar-refractivity contribution >= 4 is 23.2 Å². The first-order valence-electron chi connectivity index (χ1n) is 5.15. The molecule has 2 rings (SSSR count). The van der Waals surface area contributed by atoms with Gasteiger partial charge in [-0.05, 0) is 6.07 Å². The lowest BCUT2D eigenvalue weighted by Crippen LogP contribution is -2.11. The summed E-state index contributed by atoms with van der Waals surface area (Å²) in [6, 6.07) is 6.56. The third-order valence-electron chi connectivity index (χ3n) is 2.30. The summed E-state index contributed by atoms with van der Waals surface area (Å²) in [4.78, 5) is 18.4. The second-order valence-electron chi connectivity index (χ2n) is 3.61. The van der Waals surface area contributed by atoms with Gasteiger partial charge in [0, 0.05) is 18.7 Å². The maximum atomic E-state index is 11.5. The minimum absolute atomic E-state index is 0.223. The van der Waals surface area contributed by atoms with E-state index in [1.165, 1.54) is 13.2 Å². The van der Waals surface area contributed by atoms with Gasteiger partial charge in [0.25, 0.3) is 5.56 Å². The molecule has 0 spiro atoms. The van der Waals surface area contributed by atoms with Crippen molar-refractivity contribution in [1.29, 1.82) is 0 Å². The van der Waals surface area contributed by atoms with Gasteiger partial charge in [-0.2, -0.15) is 0 Å². The Labute approximate surface area is 114 Å². The molecule has 0 aliphatic carbocycles. The van der Waals surface area contributed by atoms with E-state index in [1.54, 1.807) is 18.2 Å². The monoisotopic (exact) mass is 284 g/mol. The van der Waals surface area contributed by atoms with Crippen LogP contribution in [0.15, 0.2) is 29.1 Å². The van der Waals surface area contributed by atoms with Gasteiger partial charge in [0.05, 0.1) is 15.7 Å². The molecule has 2 aromatic rings. The second-order valence-corrected chi connectivity index (χ2v) is 4.40. The van der Waals surface area contributed by atoms with Crippen molar-refractivity contribution in [2.24, 2.45) is 0 Å². The first-order valence-corrected chi connectivity index (χ1v) is 5.91. The minimum Gasteiger partial charge on any atom is -0.377 e. The number of aromatic nitrogens is 2. The molecule has 0 unspecified atom stereocenters. The molecule has 18 heavy (non-hydrogen) atoms. The summed E-state index contributed by atoms with van der Waals surface area (Å²) in [5.74, 6) is 0.441. The van der Waals surface area contributed by atoms with Crippen molar-refractivity contribution in [1.82, 2.24) is 9.97 Å². The number of nitrogens with zero attached hydrogens (tertiary/aromatic N) is 1. The van der Waals surface area contributed by atoms with Crippen LogP contribution in [0.4, 0.5) is 0 Å². The Kier molecular flexibility index (Phi) is 4.01. The summed E-state index contributed by atoms with van der Waals surface area (Å²) >= 11 is 12.0. The SMILES string of the molecule is COCc1nc(-c2cccc(Cl)c2Cl)cc(=O)[nH]1. The summed E-state index contributed by atoms with van der Waals surface area (Å²) in [6.07, 6.45) is 0. The molecule has 0 fully saturated rings. The molecule has 0 saturated heterocycles. The van der Waals surface area contributed by atoms with Gasteiger partial charge in [-0.3, -0.25) is 4.79 Å². The summed E-state index contributed by atoms with van der Waals surface area (Å²) in [7, 11) is 1.53. The number of hydrogen-bond donors (Lipinski definition) is 1. The molecular weight excluding hydrogens is 275 g/mol. The van der Waals surface area contributed by atoms with Crippen LogP contribution in [0.2, 0.25) is 10.0 Å². The number of nitrogens with one attached hydrogen (secondary N) is 1. The quantitative estimate of drug-likeness (QED) is 0.943. The van der Waals surface area contributed by atoms with E-state index >= 15 is 0 Å². The van der Waals surface area contributed by atoms with Gasteiger partial charge < -0.3 is 9.72 Å². The van der Waals surface area contributed by atoms with Crippen LogP contribution < -0.4 is 5.56 Å². The maximum absolute atomic E-state index is 11.5. The maximum Gasteiger partial charge on any atom is 0.251 e. The number of rotatable bonds is 3. The molecule has 0 atom stereocenters. The van der Waals surface area contributed by atoms with Crippen LogP contribution in [0.3, 0.4) is 0 Å². The molecule has 0 saturated carbocycles. The predicted octanol–water partition coefficient (Wildman–Crippen LogP) is 2.89. The van der Waals surface area contributed by atoms with Crippen molar-refractivity contribution in [3.63, 3.8) is 0 Å². The molecule has 0 radical (unpaired) electrons. The number of hydrogen-bond acceptors (Lipinski definition) is 3. The second kappa shape index (κ2) is 5.52. The Morgan fingerprint density at radius 1 is 1.39 bits per heavy atom. The summed E-state index contributed by atoms with van der Waals surface area (Å²) in [5, 5.41) is 0.796. The van der Waals surface area contributed by atoms with Crippen molar-refractivity contribution in [2.45, 2.75) is 6.61 Å². The van der Waals surface area contributed by atoms with Gasteiger partial charge in [0.15, 0.2) is 0 Å². The normalized spacial score (nSPS) is 10.6. The van der Waals surface area contributed by atoms with Gasteiger partial charge in [-0.15, -0.1) is 0 Å². The lowest BCUT2D eigenvalue weighted by atomic mass is 10.1. The lowest BCUT2D eigenvalue weighted by molar-refractivity contribution is 0.177. The van der Waals surface area contributed by atoms with E-state index < -0.39 is 0 Å². The highest BCUT2D eigenvalue weighted by Gasteiger charge is 2.10. The average molecular weight is 285 g/mol.